The number of aryl methyl sites for hydroxylation is 1. The maximum atomic E-state index is 7.52. The number of hydrogen-bond acceptors (Lipinski definition) is 4. The summed E-state index contributed by atoms with van der Waals surface area (Å²) in [5, 5.41) is 11.6. The molecule has 4 nitrogen and oxygen atoms in total. The Balaban J connectivity index is 1.29. The number of fused-ring (bicyclic) bond motifs is 1. The van der Waals surface area contributed by atoms with E-state index in [1.807, 2.05) is 11.8 Å². The van der Waals surface area contributed by atoms with E-state index in [1.165, 1.54) is 38.7 Å². The summed E-state index contributed by atoms with van der Waals surface area (Å²) in [6, 6.07) is 31.1. The monoisotopic (exact) mass is 595 g/mol. The minimum atomic E-state index is -2.58. The van der Waals surface area contributed by atoms with Gasteiger partial charge >= 0.3 is 0 Å². The van der Waals surface area contributed by atoms with E-state index in [1.54, 1.807) is 0 Å². The molecular formula is C36H45N3OSSi. The van der Waals surface area contributed by atoms with Gasteiger partial charge in [-0.05, 0) is 79.6 Å². The van der Waals surface area contributed by atoms with E-state index >= 15 is 0 Å². The first-order valence-electron chi connectivity index (χ1n) is 15.5. The van der Waals surface area contributed by atoms with Gasteiger partial charge in [0.2, 0.25) is 0 Å². The van der Waals surface area contributed by atoms with Crippen molar-refractivity contribution >= 4 is 42.0 Å². The molecule has 0 unspecified atom stereocenters. The standard InChI is InChI=1S/C36H45N3OSSi/c1-35(2,3)39-34(37-28-19-17-26-21-22-41-33(26)24-28)25-32(38-39)27-18-20-29(23-27)40-42(36(4,5)6,30-13-9-7-10-14-30)31-15-11-8-12-16-31/h7-17,19,24-25,27,29,37H,18,20-23H2,1-6H3/t27-,29+/m0/s1. The highest BCUT2D eigenvalue weighted by atomic mass is 32.2. The predicted octanol–water partition coefficient (Wildman–Crippen LogP) is 8.24. The summed E-state index contributed by atoms with van der Waals surface area (Å²) in [6.45, 7) is 13.8. The second-order valence-corrected chi connectivity index (χ2v) is 19.4. The number of nitrogens with zero attached hydrogens (tertiary/aromatic N) is 2. The number of aromatic nitrogens is 2. The molecule has 2 aliphatic rings. The van der Waals surface area contributed by atoms with E-state index in [2.05, 4.69) is 136 Å². The van der Waals surface area contributed by atoms with E-state index < -0.39 is 8.32 Å². The summed E-state index contributed by atoms with van der Waals surface area (Å²) in [7, 11) is -2.58. The van der Waals surface area contributed by atoms with Gasteiger partial charge in [0, 0.05) is 34.4 Å². The zero-order valence-corrected chi connectivity index (χ0v) is 27.8. The van der Waals surface area contributed by atoms with Crippen LogP contribution in [0.3, 0.4) is 0 Å². The molecule has 1 N–H and O–H groups in total. The lowest BCUT2D eigenvalue weighted by molar-refractivity contribution is 0.193. The maximum Gasteiger partial charge on any atom is 0.261 e. The van der Waals surface area contributed by atoms with Gasteiger partial charge in [-0.25, -0.2) is 4.68 Å². The summed E-state index contributed by atoms with van der Waals surface area (Å²) >= 11 is 1.96. The highest BCUT2D eigenvalue weighted by molar-refractivity contribution is 7.99. The second kappa shape index (κ2) is 11.4. The topological polar surface area (TPSA) is 39.1 Å². The summed E-state index contributed by atoms with van der Waals surface area (Å²) in [5.74, 6) is 2.63. The Hall–Kier alpha value is -2.80. The molecule has 1 aromatic heterocycles. The molecule has 1 saturated carbocycles. The number of thioether (sulfide) groups is 1. The Morgan fingerprint density at radius 1 is 0.857 bits per heavy atom. The fraction of sp³-hybridized carbons (Fsp3) is 0.417. The molecular weight excluding hydrogens is 551 g/mol. The summed E-state index contributed by atoms with van der Waals surface area (Å²) in [6.07, 6.45) is 4.52. The number of benzene rings is 3. The van der Waals surface area contributed by atoms with Gasteiger partial charge in [0.15, 0.2) is 0 Å². The maximum absolute atomic E-state index is 7.52. The molecule has 4 aromatic rings. The first-order chi connectivity index (χ1) is 20.0. The number of anilines is 2. The van der Waals surface area contributed by atoms with E-state index in [0.717, 1.165) is 30.8 Å². The van der Waals surface area contributed by atoms with Crippen LogP contribution in [0, 0.1) is 0 Å². The molecule has 1 aliphatic carbocycles. The zero-order chi connectivity index (χ0) is 29.5. The minimum Gasteiger partial charge on any atom is -0.404 e. The van der Waals surface area contributed by atoms with E-state index in [9.17, 15) is 0 Å². The third-order valence-corrected chi connectivity index (χ3v) is 15.1. The molecule has 1 fully saturated rings. The molecule has 0 saturated heterocycles. The molecule has 2 heterocycles. The molecule has 42 heavy (non-hydrogen) atoms. The van der Waals surface area contributed by atoms with Crippen molar-refractivity contribution in [2.24, 2.45) is 0 Å². The SMILES string of the molecule is CC(C)(C)n1nc([C@H]2CC[C@@H](O[Si](c3ccccc3)(c3ccccc3)C(C)(C)C)C2)cc1Nc1ccc2c(c1)SCC2. The lowest BCUT2D eigenvalue weighted by Crippen LogP contribution is -2.67. The first-order valence-corrected chi connectivity index (χ1v) is 18.4. The highest BCUT2D eigenvalue weighted by Gasteiger charge is 2.52. The smallest absolute Gasteiger partial charge is 0.261 e. The lowest BCUT2D eigenvalue weighted by Gasteiger charge is -2.44. The zero-order valence-electron chi connectivity index (χ0n) is 26.0. The van der Waals surface area contributed by atoms with Gasteiger partial charge in [0.05, 0.1) is 11.2 Å². The van der Waals surface area contributed by atoms with Crippen LogP contribution in [-0.4, -0.2) is 30.0 Å². The Morgan fingerprint density at radius 2 is 1.52 bits per heavy atom. The molecule has 220 valence electrons. The van der Waals surface area contributed by atoms with Crippen LogP contribution < -0.4 is 15.7 Å². The fourth-order valence-electron chi connectivity index (χ4n) is 6.85. The van der Waals surface area contributed by atoms with Crippen LogP contribution in [0.1, 0.15) is 78.0 Å². The quantitative estimate of drug-likeness (QED) is 0.218. The van der Waals surface area contributed by atoms with Crippen molar-refractivity contribution in [3.05, 3.63) is 96.2 Å². The Morgan fingerprint density at radius 3 is 2.14 bits per heavy atom. The molecule has 2 atom stereocenters. The van der Waals surface area contributed by atoms with Crippen LogP contribution in [0.15, 0.2) is 89.8 Å². The van der Waals surface area contributed by atoms with Gasteiger partial charge in [0.25, 0.3) is 8.32 Å². The van der Waals surface area contributed by atoms with Crippen molar-refractivity contribution in [3.8, 4) is 0 Å². The largest absolute Gasteiger partial charge is 0.404 e. The van der Waals surface area contributed by atoms with Crippen LogP contribution in [-0.2, 0) is 16.4 Å². The number of hydrogen-bond donors (Lipinski definition) is 1. The van der Waals surface area contributed by atoms with Crippen molar-refractivity contribution in [3.63, 3.8) is 0 Å². The first kappa shape index (κ1) is 29.3. The third-order valence-electron chi connectivity index (χ3n) is 8.90. The highest BCUT2D eigenvalue weighted by Crippen LogP contribution is 2.43. The van der Waals surface area contributed by atoms with Gasteiger partial charge in [-0.2, -0.15) is 5.10 Å². The average Bonchev–Trinajstić information content (AvgIpc) is 3.71. The van der Waals surface area contributed by atoms with Crippen LogP contribution in [0.4, 0.5) is 11.5 Å². The van der Waals surface area contributed by atoms with Gasteiger partial charge < -0.3 is 9.74 Å². The third kappa shape index (κ3) is 5.61. The minimum absolute atomic E-state index is 0.0210. The van der Waals surface area contributed by atoms with E-state index in [4.69, 9.17) is 9.52 Å². The number of nitrogens with one attached hydrogen (secondary N) is 1. The molecule has 0 amide bonds. The van der Waals surface area contributed by atoms with Crippen molar-refractivity contribution in [1.29, 1.82) is 0 Å². The summed E-state index contributed by atoms with van der Waals surface area (Å²) in [5.41, 5.74) is 3.65. The summed E-state index contributed by atoms with van der Waals surface area (Å²) < 4.78 is 9.70. The van der Waals surface area contributed by atoms with Crippen molar-refractivity contribution in [1.82, 2.24) is 9.78 Å². The van der Waals surface area contributed by atoms with Crippen molar-refractivity contribution < 1.29 is 4.43 Å². The van der Waals surface area contributed by atoms with Gasteiger partial charge in [-0.15, -0.1) is 11.8 Å². The molecule has 3 aromatic carbocycles. The normalized spacial score (nSPS) is 19.2. The van der Waals surface area contributed by atoms with Crippen LogP contribution >= 0.6 is 11.8 Å². The van der Waals surface area contributed by atoms with Crippen LogP contribution in [0.2, 0.25) is 5.04 Å². The van der Waals surface area contributed by atoms with Crippen molar-refractivity contribution in [2.45, 2.75) is 94.7 Å². The summed E-state index contributed by atoms with van der Waals surface area (Å²) in [4.78, 5) is 1.40. The molecule has 1 aliphatic heterocycles. The fourth-order valence-corrected chi connectivity index (χ4v) is 12.7. The number of rotatable bonds is 7. The molecule has 0 radical (unpaired) electrons. The average molecular weight is 596 g/mol. The predicted molar refractivity (Wildman–Crippen MR) is 180 cm³/mol. The Bertz CT molecular complexity index is 1480. The molecule has 6 rings (SSSR count). The van der Waals surface area contributed by atoms with Crippen LogP contribution in [0.5, 0.6) is 0 Å². The molecule has 0 bridgehead atoms. The van der Waals surface area contributed by atoms with E-state index in [0.29, 0.717) is 5.92 Å². The van der Waals surface area contributed by atoms with Gasteiger partial charge in [-0.1, -0.05) is 87.5 Å². The van der Waals surface area contributed by atoms with Gasteiger partial charge in [-0.3, -0.25) is 0 Å². The van der Waals surface area contributed by atoms with Crippen LogP contribution in [0.25, 0.3) is 0 Å². The Labute approximate surface area is 257 Å². The lowest BCUT2D eigenvalue weighted by atomic mass is 10.0. The molecule has 0 spiro atoms. The Kier molecular flexibility index (Phi) is 7.92. The second-order valence-electron chi connectivity index (χ2n) is 14.0. The van der Waals surface area contributed by atoms with E-state index in [-0.39, 0.29) is 16.7 Å². The van der Waals surface area contributed by atoms with Crippen molar-refractivity contribution in [2.75, 3.05) is 11.1 Å². The molecule has 6 heteroatoms. The van der Waals surface area contributed by atoms with Gasteiger partial charge in [0.1, 0.15) is 5.82 Å².